The predicted octanol–water partition coefficient (Wildman–Crippen LogP) is 3.01. The van der Waals surface area contributed by atoms with Gasteiger partial charge in [0.05, 0.1) is 17.9 Å². The van der Waals surface area contributed by atoms with Gasteiger partial charge in [-0.15, -0.1) is 5.10 Å². The summed E-state index contributed by atoms with van der Waals surface area (Å²) < 4.78 is 4.57. The van der Waals surface area contributed by atoms with Crippen LogP contribution in [0.3, 0.4) is 0 Å². The highest BCUT2D eigenvalue weighted by Crippen LogP contribution is 2.30. The average molecular weight is 281 g/mol. The lowest BCUT2D eigenvalue weighted by molar-refractivity contribution is 0.749. The van der Waals surface area contributed by atoms with E-state index in [1.54, 1.807) is 0 Å². The molecule has 94 valence electrons. The van der Waals surface area contributed by atoms with Crippen molar-refractivity contribution in [2.24, 2.45) is 0 Å². The Hall–Kier alpha value is -1.33. The molecule has 1 N–H and O–H groups in total. The fourth-order valence-corrected chi connectivity index (χ4v) is 2.76. The maximum atomic E-state index is 6.08. The monoisotopic (exact) mass is 280 g/mol. The van der Waals surface area contributed by atoms with Gasteiger partial charge in [-0.2, -0.15) is 0 Å². The maximum Gasteiger partial charge on any atom is 0.139 e. The number of hydrogen-bond donors (Lipinski definition) is 1. The minimum atomic E-state index is 0.685. The van der Waals surface area contributed by atoms with Crippen LogP contribution in [0.4, 0.5) is 11.4 Å². The van der Waals surface area contributed by atoms with Crippen LogP contribution in [0.5, 0.6) is 0 Å². The van der Waals surface area contributed by atoms with Crippen LogP contribution < -0.4 is 10.2 Å². The van der Waals surface area contributed by atoms with Crippen LogP contribution in [-0.2, 0) is 6.54 Å². The molecule has 0 amide bonds. The summed E-state index contributed by atoms with van der Waals surface area (Å²) in [5.41, 5.74) is 3.24. The number of para-hydroxylation sites is 2. The van der Waals surface area contributed by atoms with E-state index in [0.29, 0.717) is 10.9 Å². The van der Waals surface area contributed by atoms with E-state index in [2.05, 4.69) is 38.0 Å². The third kappa shape index (κ3) is 2.28. The first kappa shape index (κ1) is 11.7. The molecule has 4 nitrogen and oxygen atoms in total. The Labute approximate surface area is 115 Å². The summed E-state index contributed by atoms with van der Waals surface area (Å²) in [5, 5.41) is 7.53. The SMILES string of the molecule is Clc1snnc1CN1CCCNc2ccccc21. The lowest BCUT2D eigenvalue weighted by atomic mass is 10.2. The van der Waals surface area contributed by atoms with Crippen LogP contribution in [0.2, 0.25) is 4.34 Å². The number of aromatic nitrogens is 2. The zero-order valence-corrected chi connectivity index (χ0v) is 11.3. The van der Waals surface area contributed by atoms with Crippen molar-refractivity contribution >= 4 is 34.5 Å². The van der Waals surface area contributed by atoms with E-state index in [1.165, 1.54) is 22.9 Å². The molecule has 2 heterocycles. The Morgan fingerprint density at radius 3 is 3.11 bits per heavy atom. The molecule has 3 rings (SSSR count). The summed E-state index contributed by atoms with van der Waals surface area (Å²) in [5.74, 6) is 0. The van der Waals surface area contributed by atoms with Gasteiger partial charge >= 0.3 is 0 Å². The maximum absolute atomic E-state index is 6.08. The third-order valence-corrected chi connectivity index (χ3v) is 4.00. The van der Waals surface area contributed by atoms with Gasteiger partial charge in [-0.1, -0.05) is 28.2 Å². The Morgan fingerprint density at radius 2 is 2.28 bits per heavy atom. The van der Waals surface area contributed by atoms with Gasteiger partial charge in [-0.25, -0.2) is 0 Å². The third-order valence-electron chi connectivity index (χ3n) is 3.02. The van der Waals surface area contributed by atoms with Crippen molar-refractivity contribution in [3.05, 3.63) is 34.3 Å². The van der Waals surface area contributed by atoms with E-state index < -0.39 is 0 Å². The standard InChI is InChI=1S/C12H13ClN4S/c13-12-10(15-16-18-12)8-17-7-3-6-14-9-4-1-2-5-11(9)17/h1-2,4-5,14H,3,6-8H2. The fourth-order valence-electron chi connectivity index (χ4n) is 2.15. The topological polar surface area (TPSA) is 41.1 Å². The number of nitrogens with zero attached hydrogens (tertiary/aromatic N) is 3. The second kappa shape index (κ2) is 5.12. The number of rotatable bonds is 2. The van der Waals surface area contributed by atoms with Gasteiger partial charge in [0.15, 0.2) is 0 Å². The van der Waals surface area contributed by atoms with Crippen molar-refractivity contribution in [1.29, 1.82) is 0 Å². The smallest absolute Gasteiger partial charge is 0.139 e. The van der Waals surface area contributed by atoms with E-state index in [-0.39, 0.29) is 0 Å². The van der Waals surface area contributed by atoms with E-state index in [9.17, 15) is 0 Å². The second-order valence-electron chi connectivity index (χ2n) is 4.21. The van der Waals surface area contributed by atoms with E-state index in [1.807, 2.05) is 6.07 Å². The Balaban J connectivity index is 1.90. The molecule has 1 aliphatic rings. The molecule has 0 aliphatic carbocycles. The fraction of sp³-hybridized carbons (Fsp3) is 0.333. The quantitative estimate of drug-likeness (QED) is 0.918. The summed E-state index contributed by atoms with van der Waals surface area (Å²) in [4.78, 5) is 2.30. The molecule has 0 fully saturated rings. The van der Waals surface area contributed by atoms with Gasteiger partial charge in [0.25, 0.3) is 0 Å². The van der Waals surface area contributed by atoms with Gasteiger partial charge in [0, 0.05) is 24.6 Å². The van der Waals surface area contributed by atoms with Crippen LogP contribution in [0, 0.1) is 0 Å². The molecule has 1 aliphatic heterocycles. The highest BCUT2D eigenvalue weighted by Gasteiger charge is 2.17. The van der Waals surface area contributed by atoms with Gasteiger partial charge in [-0.05, 0) is 18.6 Å². The van der Waals surface area contributed by atoms with Gasteiger partial charge in [-0.3, -0.25) is 0 Å². The van der Waals surface area contributed by atoms with Crippen molar-refractivity contribution in [3.63, 3.8) is 0 Å². The summed E-state index contributed by atoms with van der Waals surface area (Å²) in [6.45, 7) is 2.71. The predicted molar refractivity (Wildman–Crippen MR) is 75.5 cm³/mol. The number of fused-ring (bicyclic) bond motifs is 1. The molecule has 0 radical (unpaired) electrons. The molecule has 0 spiro atoms. The lowest BCUT2D eigenvalue weighted by Crippen LogP contribution is -2.23. The van der Waals surface area contributed by atoms with Crippen LogP contribution in [0.1, 0.15) is 12.1 Å². The molecule has 1 aromatic heterocycles. The highest BCUT2D eigenvalue weighted by molar-refractivity contribution is 7.10. The minimum Gasteiger partial charge on any atom is -0.383 e. The summed E-state index contributed by atoms with van der Waals surface area (Å²) >= 11 is 7.32. The molecule has 0 unspecified atom stereocenters. The zero-order valence-electron chi connectivity index (χ0n) is 9.77. The number of benzene rings is 1. The molecule has 1 aromatic carbocycles. The Kier molecular flexibility index (Phi) is 3.34. The van der Waals surface area contributed by atoms with Crippen LogP contribution in [0.25, 0.3) is 0 Å². The van der Waals surface area contributed by atoms with E-state index in [4.69, 9.17) is 11.6 Å². The highest BCUT2D eigenvalue weighted by atomic mass is 35.5. The summed E-state index contributed by atoms with van der Waals surface area (Å²) in [7, 11) is 0. The number of halogens is 1. The Bertz CT molecular complexity index is 542. The first-order valence-corrected chi connectivity index (χ1v) is 7.04. The summed E-state index contributed by atoms with van der Waals surface area (Å²) in [6.07, 6.45) is 1.10. The molecule has 0 atom stereocenters. The molecular weight excluding hydrogens is 268 g/mol. The second-order valence-corrected chi connectivity index (χ2v) is 5.57. The molecule has 6 heteroatoms. The van der Waals surface area contributed by atoms with Crippen molar-refractivity contribution in [3.8, 4) is 0 Å². The zero-order chi connectivity index (χ0) is 12.4. The molecule has 2 aromatic rings. The first-order valence-electron chi connectivity index (χ1n) is 5.89. The van der Waals surface area contributed by atoms with Crippen molar-refractivity contribution in [2.75, 3.05) is 23.3 Å². The van der Waals surface area contributed by atoms with Gasteiger partial charge in [0.1, 0.15) is 10.0 Å². The molecule has 0 saturated carbocycles. The van der Waals surface area contributed by atoms with Crippen LogP contribution in [0.15, 0.2) is 24.3 Å². The number of anilines is 2. The van der Waals surface area contributed by atoms with Gasteiger partial charge < -0.3 is 10.2 Å². The number of hydrogen-bond acceptors (Lipinski definition) is 5. The first-order chi connectivity index (χ1) is 8.84. The van der Waals surface area contributed by atoms with Crippen molar-refractivity contribution in [1.82, 2.24) is 9.59 Å². The Morgan fingerprint density at radius 1 is 1.39 bits per heavy atom. The van der Waals surface area contributed by atoms with E-state index in [0.717, 1.165) is 25.2 Å². The van der Waals surface area contributed by atoms with Crippen LogP contribution in [-0.4, -0.2) is 22.7 Å². The minimum absolute atomic E-state index is 0.685. The van der Waals surface area contributed by atoms with Crippen molar-refractivity contribution in [2.45, 2.75) is 13.0 Å². The molecular formula is C12H13ClN4S. The van der Waals surface area contributed by atoms with E-state index >= 15 is 0 Å². The largest absolute Gasteiger partial charge is 0.383 e. The number of nitrogens with one attached hydrogen (secondary N) is 1. The van der Waals surface area contributed by atoms with Crippen LogP contribution >= 0.6 is 23.1 Å². The normalized spacial score (nSPS) is 14.8. The molecule has 0 saturated heterocycles. The summed E-state index contributed by atoms with van der Waals surface area (Å²) in [6, 6.07) is 8.34. The average Bonchev–Trinajstić information content (AvgIpc) is 2.68. The lowest BCUT2D eigenvalue weighted by Gasteiger charge is -2.23. The van der Waals surface area contributed by atoms with Gasteiger partial charge in [0.2, 0.25) is 0 Å². The molecule has 18 heavy (non-hydrogen) atoms. The van der Waals surface area contributed by atoms with Crippen molar-refractivity contribution < 1.29 is 0 Å². The molecule has 0 bridgehead atoms.